The highest BCUT2D eigenvalue weighted by Gasteiger charge is 2.04. The van der Waals surface area contributed by atoms with Gasteiger partial charge in [-0.3, -0.25) is 4.79 Å². The Balaban J connectivity index is 3.26. The summed E-state index contributed by atoms with van der Waals surface area (Å²) in [5, 5.41) is 2.77. The van der Waals surface area contributed by atoms with Gasteiger partial charge in [-0.05, 0) is 25.7 Å². The summed E-state index contributed by atoms with van der Waals surface area (Å²) in [6.45, 7) is 6.79. The van der Waals surface area contributed by atoms with E-state index in [1.165, 1.54) is 0 Å². The van der Waals surface area contributed by atoms with E-state index in [-0.39, 0.29) is 11.9 Å². The van der Waals surface area contributed by atoms with Crippen LogP contribution in [0.25, 0.3) is 0 Å². The summed E-state index contributed by atoms with van der Waals surface area (Å²) in [5.74, 6) is 0.649. The van der Waals surface area contributed by atoms with E-state index in [1.807, 2.05) is 0 Å². The second-order valence-electron chi connectivity index (χ2n) is 3.62. The van der Waals surface area contributed by atoms with Crippen LogP contribution in [0.15, 0.2) is 0 Å². The number of hydrogen-bond donors (Lipinski definition) is 2. The number of nitrogens with two attached hydrogens (primary N) is 1. The molecule has 0 radical (unpaired) electrons. The highest BCUT2D eigenvalue weighted by Crippen LogP contribution is 2.01. The molecule has 0 fully saturated rings. The van der Waals surface area contributed by atoms with Gasteiger partial charge in [-0.25, -0.2) is 0 Å². The summed E-state index contributed by atoms with van der Waals surface area (Å²) in [6.07, 6.45) is 2.19. The maximum Gasteiger partial charge on any atom is 0.236 e. The van der Waals surface area contributed by atoms with Gasteiger partial charge in [0.1, 0.15) is 0 Å². The van der Waals surface area contributed by atoms with E-state index in [4.69, 9.17) is 5.73 Å². The molecule has 3 heteroatoms. The molecular formula is C9H20N2O. The van der Waals surface area contributed by atoms with Gasteiger partial charge in [0, 0.05) is 6.54 Å². The SMILES string of the molecule is CC(C)CCCNC(=O)[C@H](C)N. The van der Waals surface area contributed by atoms with Crippen molar-refractivity contribution in [2.45, 2.75) is 39.7 Å². The first-order valence-electron chi connectivity index (χ1n) is 4.57. The zero-order valence-corrected chi connectivity index (χ0v) is 8.26. The van der Waals surface area contributed by atoms with Crippen molar-refractivity contribution >= 4 is 5.91 Å². The summed E-state index contributed by atoms with van der Waals surface area (Å²) in [5.41, 5.74) is 5.37. The molecule has 0 unspecified atom stereocenters. The maximum absolute atomic E-state index is 11.0. The normalized spacial score (nSPS) is 13.1. The zero-order chi connectivity index (χ0) is 9.56. The molecule has 1 atom stereocenters. The first-order chi connectivity index (χ1) is 5.54. The van der Waals surface area contributed by atoms with Crippen LogP contribution in [-0.4, -0.2) is 18.5 Å². The first kappa shape index (κ1) is 11.4. The van der Waals surface area contributed by atoms with Gasteiger partial charge in [0.2, 0.25) is 5.91 Å². The fourth-order valence-corrected chi connectivity index (χ4v) is 0.883. The first-order valence-corrected chi connectivity index (χ1v) is 4.57. The van der Waals surface area contributed by atoms with Crippen LogP contribution in [0.3, 0.4) is 0 Å². The summed E-state index contributed by atoms with van der Waals surface area (Å²) in [7, 11) is 0. The topological polar surface area (TPSA) is 55.1 Å². The molecule has 3 nitrogen and oxygen atoms in total. The minimum absolute atomic E-state index is 0.0567. The molecule has 0 spiro atoms. The Hall–Kier alpha value is -0.570. The van der Waals surface area contributed by atoms with E-state index < -0.39 is 0 Å². The van der Waals surface area contributed by atoms with Crippen LogP contribution in [0.1, 0.15) is 33.6 Å². The zero-order valence-electron chi connectivity index (χ0n) is 8.26. The van der Waals surface area contributed by atoms with Gasteiger partial charge in [0.25, 0.3) is 0 Å². The van der Waals surface area contributed by atoms with Gasteiger partial charge >= 0.3 is 0 Å². The lowest BCUT2D eigenvalue weighted by molar-refractivity contribution is -0.121. The molecule has 0 aromatic rings. The van der Waals surface area contributed by atoms with Crippen LogP contribution in [-0.2, 0) is 4.79 Å². The lowest BCUT2D eigenvalue weighted by atomic mass is 10.1. The third-order valence-electron chi connectivity index (χ3n) is 1.67. The molecule has 0 bridgehead atoms. The van der Waals surface area contributed by atoms with E-state index in [0.717, 1.165) is 19.4 Å². The lowest BCUT2D eigenvalue weighted by Crippen LogP contribution is -2.38. The van der Waals surface area contributed by atoms with E-state index in [9.17, 15) is 4.79 Å². The van der Waals surface area contributed by atoms with Crippen molar-refractivity contribution in [2.75, 3.05) is 6.54 Å². The van der Waals surface area contributed by atoms with E-state index in [2.05, 4.69) is 19.2 Å². The summed E-state index contributed by atoms with van der Waals surface area (Å²) in [6, 6.07) is -0.385. The van der Waals surface area contributed by atoms with Crippen LogP contribution >= 0.6 is 0 Å². The molecule has 0 aliphatic heterocycles. The second-order valence-corrected chi connectivity index (χ2v) is 3.62. The number of hydrogen-bond acceptors (Lipinski definition) is 2. The van der Waals surface area contributed by atoms with Crippen LogP contribution in [0.4, 0.5) is 0 Å². The average molecular weight is 172 g/mol. The van der Waals surface area contributed by atoms with E-state index >= 15 is 0 Å². The Bertz CT molecular complexity index is 132. The van der Waals surface area contributed by atoms with Gasteiger partial charge < -0.3 is 11.1 Å². The fraction of sp³-hybridized carbons (Fsp3) is 0.889. The summed E-state index contributed by atoms with van der Waals surface area (Å²) < 4.78 is 0. The molecule has 72 valence electrons. The highest BCUT2D eigenvalue weighted by atomic mass is 16.2. The Labute approximate surface area is 74.7 Å². The molecule has 1 amide bonds. The maximum atomic E-state index is 11.0. The van der Waals surface area contributed by atoms with Gasteiger partial charge in [-0.2, -0.15) is 0 Å². The summed E-state index contributed by atoms with van der Waals surface area (Å²) >= 11 is 0. The molecule has 0 rings (SSSR count). The average Bonchev–Trinajstić information content (AvgIpc) is 1.97. The van der Waals surface area contributed by atoms with E-state index in [0.29, 0.717) is 5.92 Å². The molecular weight excluding hydrogens is 152 g/mol. The molecule has 0 aliphatic carbocycles. The van der Waals surface area contributed by atoms with Crippen LogP contribution < -0.4 is 11.1 Å². The smallest absolute Gasteiger partial charge is 0.236 e. The molecule has 0 aromatic heterocycles. The van der Waals surface area contributed by atoms with Crippen molar-refractivity contribution in [3.8, 4) is 0 Å². The van der Waals surface area contributed by atoms with Gasteiger partial charge in [-0.1, -0.05) is 13.8 Å². The quantitative estimate of drug-likeness (QED) is 0.605. The van der Waals surface area contributed by atoms with Crippen molar-refractivity contribution in [3.05, 3.63) is 0 Å². The minimum Gasteiger partial charge on any atom is -0.355 e. The largest absolute Gasteiger partial charge is 0.355 e. The molecule has 0 aliphatic rings. The van der Waals surface area contributed by atoms with Gasteiger partial charge in [0.05, 0.1) is 6.04 Å². The predicted molar refractivity (Wildman–Crippen MR) is 50.7 cm³/mol. The van der Waals surface area contributed by atoms with Crippen molar-refractivity contribution in [1.29, 1.82) is 0 Å². The molecule has 3 N–H and O–H groups in total. The highest BCUT2D eigenvalue weighted by molar-refractivity contribution is 5.80. The Morgan fingerprint density at radius 1 is 1.42 bits per heavy atom. The monoisotopic (exact) mass is 172 g/mol. The third kappa shape index (κ3) is 6.16. The Kier molecular flexibility index (Phi) is 5.72. The van der Waals surface area contributed by atoms with Crippen molar-refractivity contribution in [1.82, 2.24) is 5.32 Å². The lowest BCUT2D eigenvalue weighted by Gasteiger charge is -2.08. The number of carbonyl (C=O) groups excluding carboxylic acids is 1. The van der Waals surface area contributed by atoms with Crippen molar-refractivity contribution < 1.29 is 4.79 Å². The van der Waals surface area contributed by atoms with E-state index in [1.54, 1.807) is 6.92 Å². The van der Waals surface area contributed by atoms with Gasteiger partial charge in [-0.15, -0.1) is 0 Å². The number of amides is 1. The third-order valence-corrected chi connectivity index (χ3v) is 1.67. The molecule has 0 aromatic carbocycles. The van der Waals surface area contributed by atoms with Crippen molar-refractivity contribution in [3.63, 3.8) is 0 Å². The van der Waals surface area contributed by atoms with Crippen molar-refractivity contribution in [2.24, 2.45) is 11.7 Å². The number of rotatable bonds is 5. The molecule has 0 saturated heterocycles. The predicted octanol–water partition coefficient (Wildman–Crippen LogP) is 0.886. The van der Waals surface area contributed by atoms with Crippen LogP contribution in [0.5, 0.6) is 0 Å². The molecule has 0 heterocycles. The van der Waals surface area contributed by atoms with Crippen LogP contribution in [0, 0.1) is 5.92 Å². The second kappa shape index (κ2) is 6.00. The minimum atomic E-state index is -0.385. The van der Waals surface area contributed by atoms with Gasteiger partial charge in [0.15, 0.2) is 0 Å². The molecule has 0 saturated carbocycles. The standard InChI is InChI=1S/C9H20N2O/c1-7(2)5-4-6-11-9(12)8(3)10/h7-8H,4-6,10H2,1-3H3,(H,11,12)/t8-/m0/s1. The Morgan fingerprint density at radius 3 is 2.42 bits per heavy atom. The summed E-state index contributed by atoms with van der Waals surface area (Å²) in [4.78, 5) is 11.0. The number of carbonyl (C=O) groups is 1. The molecule has 12 heavy (non-hydrogen) atoms. The van der Waals surface area contributed by atoms with Crippen LogP contribution in [0.2, 0.25) is 0 Å². The number of nitrogens with one attached hydrogen (secondary N) is 1. The Morgan fingerprint density at radius 2 is 2.00 bits per heavy atom. The fourth-order valence-electron chi connectivity index (χ4n) is 0.883.